The molecule has 0 spiro atoms. The number of carbonyl (C=O) groups is 2. The zero-order valence-corrected chi connectivity index (χ0v) is 17.5. The monoisotopic (exact) mass is 432 g/mol. The molecule has 1 saturated heterocycles. The summed E-state index contributed by atoms with van der Waals surface area (Å²) in [5.74, 6) is -0.958. The molecule has 1 aromatic carbocycles. The molecule has 3 atom stereocenters. The summed E-state index contributed by atoms with van der Waals surface area (Å²) in [5, 5.41) is 3.14. The molecular formula is C18H25ClN2O6S. The van der Waals surface area contributed by atoms with Gasteiger partial charge >= 0.3 is 5.97 Å². The lowest BCUT2D eigenvalue weighted by Gasteiger charge is -2.24. The molecule has 1 aromatic rings. The molecule has 1 amide bonds. The van der Waals surface area contributed by atoms with Crippen LogP contribution >= 0.6 is 11.6 Å². The number of rotatable bonds is 8. The molecule has 8 nitrogen and oxygen atoms in total. The Bertz CT molecular complexity index is 797. The van der Waals surface area contributed by atoms with Gasteiger partial charge in [0.2, 0.25) is 22.2 Å². The van der Waals surface area contributed by atoms with Crippen LogP contribution < -0.4 is 10.0 Å². The molecule has 1 unspecified atom stereocenters. The number of halogens is 1. The van der Waals surface area contributed by atoms with Gasteiger partial charge < -0.3 is 14.8 Å². The van der Waals surface area contributed by atoms with Crippen LogP contribution in [0.4, 0.5) is 0 Å². The van der Waals surface area contributed by atoms with E-state index in [9.17, 15) is 18.0 Å². The molecule has 0 aliphatic carbocycles. The van der Waals surface area contributed by atoms with E-state index < -0.39 is 40.3 Å². The van der Waals surface area contributed by atoms with Gasteiger partial charge in [-0.1, -0.05) is 25.4 Å². The molecule has 0 aromatic heterocycles. The predicted octanol–water partition coefficient (Wildman–Crippen LogP) is 1.83. The Morgan fingerprint density at radius 2 is 1.93 bits per heavy atom. The van der Waals surface area contributed by atoms with Crippen molar-refractivity contribution < 1.29 is 27.5 Å². The SMILES string of the molecule is CC(=O)O[C@@H]1OCC[C@@H]1NC(=O)C(CC(C)C)NS(=O)(=O)c1ccc(Cl)cc1. The van der Waals surface area contributed by atoms with E-state index in [0.717, 1.165) is 0 Å². The van der Waals surface area contributed by atoms with E-state index in [0.29, 0.717) is 24.5 Å². The Balaban J connectivity index is 2.12. The van der Waals surface area contributed by atoms with Gasteiger partial charge in [0, 0.05) is 11.9 Å². The van der Waals surface area contributed by atoms with E-state index in [1.807, 2.05) is 13.8 Å². The van der Waals surface area contributed by atoms with Crippen molar-refractivity contribution in [1.82, 2.24) is 10.0 Å². The fraction of sp³-hybridized carbons (Fsp3) is 0.556. The van der Waals surface area contributed by atoms with Crippen LogP contribution in [0.15, 0.2) is 29.2 Å². The van der Waals surface area contributed by atoms with Crippen LogP contribution in [-0.2, 0) is 29.1 Å². The number of esters is 1. The van der Waals surface area contributed by atoms with E-state index in [1.165, 1.54) is 31.2 Å². The van der Waals surface area contributed by atoms with E-state index in [1.54, 1.807) is 0 Å². The Hall–Kier alpha value is -1.68. The van der Waals surface area contributed by atoms with E-state index in [4.69, 9.17) is 21.1 Å². The van der Waals surface area contributed by atoms with Crippen molar-refractivity contribution in [2.24, 2.45) is 5.92 Å². The maximum absolute atomic E-state index is 12.8. The number of benzene rings is 1. The smallest absolute Gasteiger partial charge is 0.305 e. The van der Waals surface area contributed by atoms with Crippen LogP contribution in [0.25, 0.3) is 0 Å². The largest absolute Gasteiger partial charge is 0.434 e. The second kappa shape index (κ2) is 9.69. The second-order valence-electron chi connectivity index (χ2n) is 7.01. The van der Waals surface area contributed by atoms with Crippen molar-refractivity contribution in [3.05, 3.63) is 29.3 Å². The maximum Gasteiger partial charge on any atom is 0.305 e. The third-order valence-electron chi connectivity index (χ3n) is 4.09. The van der Waals surface area contributed by atoms with Gasteiger partial charge in [-0.25, -0.2) is 8.42 Å². The van der Waals surface area contributed by atoms with Gasteiger partial charge in [-0.2, -0.15) is 4.72 Å². The summed E-state index contributed by atoms with van der Waals surface area (Å²) >= 11 is 5.80. The van der Waals surface area contributed by atoms with Gasteiger partial charge in [0.05, 0.1) is 17.5 Å². The summed E-state index contributed by atoms with van der Waals surface area (Å²) in [7, 11) is -3.92. The number of carbonyl (C=O) groups excluding carboxylic acids is 2. The lowest BCUT2D eigenvalue weighted by Crippen LogP contribution is -2.52. The van der Waals surface area contributed by atoms with Crippen LogP contribution in [0.3, 0.4) is 0 Å². The average Bonchev–Trinajstić information content (AvgIpc) is 3.00. The minimum Gasteiger partial charge on any atom is -0.434 e. The lowest BCUT2D eigenvalue weighted by molar-refractivity contribution is -0.170. The molecule has 1 fully saturated rings. The predicted molar refractivity (Wildman–Crippen MR) is 103 cm³/mol. The normalized spacial score (nSPS) is 20.8. The number of hydrogen-bond acceptors (Lipinski definition) is 6. The highest BCUT2D eigenvalue weighted by atomic mass is 35.5. The highest BCUT2D eigenvalue weighted by Crippen LogP contribution is 2.18. The van der Waals surface area contributed by atoms with Crippen LogP contribution in [0.5, 0.6) is 0 Å². The van der Waals surface area contributed by atoms with Gasteiger partial charge in [0.1, 0.15) is 6.04 Å². The molecule has 0 radical (unpaired) electrons. The molecule has 1 heterocycles. The van der Waals surface area contributed by atoms with Crippen LogP contribution in [0.2, 0.25) is 5.02 Å². The highest BCUT2D eigenvalue weighted by molar-refractivity contribution is 7.89. The standard InChI is InChI=1S/C18H25ClN2O6S/c1-11(2)10-16(21-28(24,25)14-6-4-13(19)5-7-14)17(23)20-15-8-9-26-18(15)27-12(3)22/h4-7,11,15-16,18,21H,8-10H2,1-3H3,(H,20,23)/t15-,16?,18-/m0/s1. The van der Waals surface area contributed by atoms with E-state index in [-0.39, 0.29) is 10.8 Å². The van der Waals surface area contributed by atoms with Crippen molar-refractivity contribution in [2.75, 3.05) is 6.61 Å². The zero-order chi connectivity index (χ0) is 20.9. The summed E-state index contributed by atoms with van der Waals surface area (Å²) in [4.78, 5) is 24.0. The Morgan fingerprint density at radius 1 is 1.29 bits per heavy atom. The third-order valence-corrected chi connectivity index (χ3v) is 5.83. The first-order chi connectivity index (χ1) is 13.1. The van der Waals surface area contributed by atoms with Gasteiger partial charge in [-0.3, -0.25) is 9.59 Å². The molecule has 156 valence electrons. The van der Waals surface area contributed by atoms with Crippen LogP contribution in [-0.4, -0.2) is 45.3 Å². The van der Waals surface area contributed by atoms with Crippen molar-refractivity contribution >= 4 is 33.5 Å². The quantitative estimate of drug-likeness (QED) is 0.606. The number of hydrogen-bond donors (Lipinski definition) is 2. The van der Waals surface area contributed by atoms with Crippen molar-refractivity contribution in [3.8, 4) is 0 Å². The summed E-state index contributed by atoms with van der Waals surface area (Å²) in [6.07, 6.45) is -0.124. The fourth-order valence-electron chi connectivity index (χ4n) is 2.82. The van der Waals surface area contributed by atoms with Crippen molar-refractivity contribution in [3.63, 3.8) is 0 Å². The Kier molecular flexibility index (Phi) is 7.82. The topological polar surface area (TPSA) is 111 Å². The molecule has 28 heavy (non-hydrogen) atoms. The molecule has 0 saturated carbocycles. The summed E-state index contributed by atoms with van der Waals surface area (Å²) in [6, 6.07) is 4.15. The first kappa shape index (κ1) is 22.6. The van der Waals surface area contributed by atoms with E-state index in [2.05, 4.69) is 10.0 Å². The first-order valence-corrected chi connectivity index (χ1v) is 10.8. The molecule has 2 rings (SSSR count). The summed E-state index contributed by atoms with van der Waals surface area (Å²) in [6.45, 7) is 5.35. The number of sulfonamides is 1. The molecule has 10 heteroatoms. The average molecular weight is 433 g/mol. The van der Waals surface area contributed by atoms with Crippen LogP contribution in [0.1, 0.15) is 33.6 Å². The molecule has 1 aliphatic rings. The van der Waals surface area contributed by atoms with Gasteiger partial charge in [0.25, 0.3) is 0 Å². The minimum atomic E-state index is -3.92. The summed E-state index contributed by atoms with van der Waals surface area (Å²) < 4.78 is 38.1. The lowest BCUT2D eigenvalue weighted by atomic mass is 10.0. The molecule has 2 N–H and O–H groups in total. The van der Waals surface area contributed by atoms with E-state index >= 15 is 0 Å². The number of amides is 1. The minimum absolute atomic E-state index is 0.0143. The highest BCUT2D eigenvalue weighted by Gasteiger charge is 2.35. The van der Waals surface area contributed by atoms with Gasteiger partial charge in [-0.15, -0.1) is 0 Å². The molecule has 0 bridgehead atoms. The summed E-state index contributed by atoms with van der Waals surface area (Å²) in [5.41, 5.74) is 0. The Labute approximate surface area is 170 Å². The maximum atomic E-state index is 12.8. The van der Waals surface area contributed by atoms with Crippen molar-refractivity contribution in [1.29, 1.82) is 0 Å². The second-order valence-corrected chi connectivity index (χ2v) is 9.16. The van der Waals surface area contributed by atoms with Crippen molar-refractivity contribution in [2.45, 2.75) is 56.9 Å². The fourth-order valence-corrected chi connectivity index (χ4v) is 4.15. The number of ether oxygens (including phenoxy) is 2. The first-order valence-electron chi connectivity index (χ1n) is 8.95. The number of nitrogens with one attached hydrogen (secondary N) is 2. The third kappa shape index (κ3) is 6.44. The zero-order valence-electron chi connectivity index (χ0n) is 16.0. The molecular weight excluding hydrogens is 408 g/mol. The molecule has 1 aliphatic heterocycles. The van der Waals surface area contributed by atoms with Gasteiger partial charge in [0.15, 0.2) is 0 Å². The Morgan fingerprint density at radius 3 is 2.50 bits per heavy atom. The van der Waals surface area contributed by atoms with Gasteiger partial charge in [-0.05, 0) is 43.0 Å². The van der Waals surface area contributed by atoms with Crippen LogP contribution in [0, 0.1) is 5.92 Å².